The van der Waals surface area contributed by atoms with E-state index in [0.29, 0.717) is 35.5 Å². The van der Waals surface area contributed by atoms with Crippen LogP contribution in [0.1, 0.15) is 42.2 Å². The highest BCUT2D eigenvalue weighted by Gasteiger charge is 2.19. The molecule has 164 valence electrons. The first-order valence-electron chi connectivity index (χ1n) is 10.5. The van der Waals surface area contributed by atoms with Crippen molar-refractivity contribution in [2.45, 2.75) is 32.7 Å². The molecule has 0 aliphatic carbocycles. The first kappa shape index (κ1) is 21.2. The number of nitrogens with zero attached hydrogens (tertiary/aromatic N) is 4. The molecule has 1 fully saturated rings. The van der Waals surface area contributed by atoms with Gasteiger partial charge in [-0.25, -0.2) is 0 Å². The Hall–Kier alpha value is -3.07. The molecule has 1 N–H and O–H groups in total. The van der Waals surface area contributed by atoms with E-state index in [-0.39, 0.29) is 5.91 Å². The van der Waals surface area contributed by atoms with Gasteiger partial charge in [0.15, 0.2) is 11.5 Å². The topological polar surface area (TPSA) is 81.5 Å². The second-order valence-electron chi connectivity index (χ2n) is 7.28. The van der Waals surface area contributed by atoms with Crippen molar-refractivity contribution in [2.24, 2.45) is 0 Å². The summed E-state index contributed by atoms with van der Waals surface area (Å²) >= 11 is 1.51. The van der Waals surface area contributed by atoms with Gasteiger partial charge in [-0.15, -0.1) is 10.2 Å². The minimum atomic E-state index is -0.174. The second-order valence-corrected chi connectivity index (χ2v) is 8.21. The summed E-state index contributed by atoms with van der Waals surface area (Å²) in [4.78, 5) is 15.1. The Kier molecular flexibility index (Phi) is 6.71. The van der Waals surface area contributed by atoms with Gasteiger partial charge in [-0.2, -0.15) is 0 Å². The zero-order valence-electron chi connectivity index (χ0n) is 17.8. The number of rotatable bonds is 8. The van der Waals surface area contributed by atoms with Crippen molar-refractivity contribution in [3.63, 3.8) is 0 Å². The molecule has 3 heterocycles. The molecule has 0 saturated carbocycles. The van der Waals surface area contributed by atoms with E-state index in [9.17, 15) is 4.79 Å². The van der Waals surface area contributed by atoms with Crippen molar-refractivity contribution < 1.29 is 14.3 Å². The quantitative estimate of drug-likeness (QED) is 0.575. The first-order valence-corrected chi connectivity index (χ1v) is 11.4. The number of carbonyl (C=O) groups is 1. The van der Waals surface area contributed by atoms with Crippen LogP contribution in [0.15, 0.2) is 36.5 Å². The average molecular weight is 442 g/mol. The average Bonchev–Trinajstić information content (AvgIpc) is 3.48. The number of amides is 1. The minimum Gasteiger partial charge on any atom is -0.493 e. The molecule has 3 aromatic rings. The Labute approximate surface area is 185 Å². The first-order chi connectivity index (χ1) is 15.2. The van der Waals surface area contributed by atoms with Crippen LogP contribution in [0.5, 0.6) is 11.5 Å². The van der Waals surface area contributed by atoms with E-state index in [1.807, 2.05) is 37.4 Å². The Morgan fingerprint density at radius 1 is 1.13 bits per heavy atom. The fraction of sp³-hybridized carbons (Fsp3) is 0.409. The molecule has 31 heavy (non-hydrogen) atoms. The molecule has 1 aliphatic heterocycles. The third kappa shape index (κ3) is 4.82. The SMILES string of the molecule is CCOc1ccc(CNC(=O)c2cccn2-c2nnc(N3CCCCC3)s2)cc1OC. The number of nitrogens with one attached hydrogen (secondary N) is 1. The van der Waals surface area contributed by atoms with Gasteiger partial charge in [0.25, 0.3) is 5.91 Å². The summed E-state index contributed by atoms with van der Waals surface area (Å²) in [6, 6.07) is 9.28. The normalized spacial score (nSPS) is 13.8. The molecule has 1 aromatic carbocycles. The molecule has 4 rings (SSSR count). The molecular weight excluding hydrogens is 414 g/mol. The van der Waals surface area contributed by atoms with Crippen molar-refractivity contribution in [3.8, 4) is 16.6 Å². The van der Waals surface area contributed by atoms with Crippen LogP contribution >= 0.6 is 11.3 Å². The molecule has 1 amide bonds. The zero-order valence-corrected chi connectivity index (χ0v) is 18.7. The third-order valence-corrected chi connectivity index (χ3v) is 6.18. The van der Waals surface area contributed by atoms with Gasteiger partial charge in [-0.05, 0) is 56.0 Å². The summed E-state index contributed by atoms with van der Waals surface area (Å²) in [6.07, 6.45) is 5.48. The second kappa shape index (κ2) is 9.82. The molecule has 0 spiro atoms. The Morgan fingerprint density at radius 2 is 1.94 bits per heavy atom. The van der Waals surface area contributed by atoms with E-state index in [1.54, 1.807) is 17.7 Å². The lowest BCUT2D eigenvalue weighted by Gasteiger charge is -2.25. The zero-order chi connectivity index (χ0) is 21.6. The molecule has 0 unspecified atom stereocenters. The molecule has 2 aromatic heterocycles. The van der Waals surface area contributed by atoms with Crippen molar-refractivity contribution in [3.05, 3.63) is 47.8 Å². The van der Waals surface area contributed by atoms with E-state index in [1.165, 1.54) is 30.6 Å². The van der Waals surface area contributed by atoms with Crippen molar-refractivity contribution in [1.29, 1.82) is 0 Å². The van der Waals surface area contributed by atoms with Gasteiger partial charge in [0.1, 0.15) is 5.69 Å². The Morgan fingerprint density at radius 3 is 2.71 bits per heavy atom. The lowest BCUT2D eigenvalue weighted by Crippen LogP contribution is -2.29. The maximum absolute atomic E-state index is 12.9. The van der Waals surface area contributed by atoms with Crippen LogP contribution in [0.25, 0.3) is 5.13 Å². The van der Waals surface area contributed by atoms with Gasteiger partial charge in [-0.3, -0.25) is 9.36 Å². The van der Waals surface area contributed by atoms with Crippen LogP contribution in [0, 0.1) is 0 Å². The van der Waals surface area contributed by atoms with Crippen LogP contribution in [0.2, 0.25) is 0 Å². The summed E-state index contributed by atoms with van der Waals surface area (Å²) in [7, 11) is 1.60. The van der Waals surface area contributed by atoms with E-state index in [4.69, 9.17) is 9.47 Å². The van der Waals surface area contributed by atoms with E-state index in [2.05, 4.69) is 20.4 Å². The fourth-order valence-electron chi connectivity index (χ4n) is 3.62. The maximum atomic E-state index is 12.9. The number of hydrogen-bond donors (Lipinski definition) is 1. The van der Waals surface area contributed by atoms with Crippen LogP contribution in [0.3, 0.4) is 0 Å². The van der Waals surface area contributed by atoms with Crippen molar-refractivity contribution in [2.75, 3.05) is 31.7 Å². The smallest absolute Gasteiger partial charge is 0.268 e. The molecule has 9 heteroatoms. The highest BCUT2D eigenvalue weighted by Crippen LogP contribution is 2.29. The van der Waals surface area contributed by atoms with Gasteiger partial charge in [0, 0.05) is 25.8 Å². The summed E-state index contributed by atoms with van der Waals surface area (Å²) in [5.41, 5.74) is 1.45. The molecule has 1 saturated heterocycles. The minimum absolute atomic E-state index is 0.174. The fourth-order valence-corrected chi connectivity index (χ4v) is 4.52. The lowest BCUT2D eigenvalue weighted by atomic mass is 10.1. The molecule has 8 nitrogen and oxygen atoms in total. The predicted octanol–water partition coefficient (Wildman–Crippen LogP) is 3.66. The van der Waals surface area contributed by atoms with Crippen LogP contribution < -0.4 is 19.7 Å². The third-order valence-electron chi connectivity index (χ3n) is 5.20. The van der Waals surface area contributed by atoms with Gasteiger partial charge in [-0.1, -0.05) is 17.4 Å². The number of ether oxygens (including phenoxy) is 2. The largest absolute Gasteiger partial charge is 0.493 e. The number of anilines is 1. The summed E-state index contributed by atoms with van der Waals surface area (Å²) in [5, 5.41) is 13.3. The molecular formula is C22H27N5O3S. The molecule has 0 atom stereocenters. The van der Waals surface area contributed by atoms with E-state index >= 15 is 0 Å². The van der Waals surface area contributed by atoms with Gasteiger partial charge in [0.2, 0.25) is 10.3 Å². The summed E-state index contributed by atoms with van der Waals surface area (Å²) in [5.74, 6) is 1.17. The predicted molar refractivity (Wildman–Crippen MR) is 121 cm³/mol. The van der Waals surface area contributed by atoms with Crippen molar-refractivity contribution >= 4 is 22.4 Å². The van der Waals surface area contributed by atoms with E-state index in [0.717, 1.165) is 23.8 Å². The number of carbonyl (C=O) groups excluding carboxylic acids is 1. The Bertz CT molecular complexity index is 1030. The number of piperidine rings is 1. The monoisotopic (exact) mass is 441 g/mol. The highest BCUT2D eigenvalue weighted by atomic mass is 32.1. The number of methoxy groups -OCH3 is 1. The van der Waals surface area contributed by atoms with Gasteiger partial charge >= 0.3 is 0 Å². The molecule has 0 radical (unpaired) electrons. The van der Waals surface area contributed by atoms with Crippen LogP contribution in [0.4, 0.5) is 5.13 Å². The van der Waals surface area contributed by atoms with Gasteiger partial charge < -0.3 is 19.7 Å². The Balaban J connectivity index is 1.44. The van der Waals surface area contributed by atoms with Gasteiger partial charge in [0.05, 0.1) is 13.7 Å². The summed E-state index contributed by atoms with van der Waals surface area (Å²) in [6.45, 7) is 4.89. The highest BCUT2D eigenvalue weighted by molar-refractivity contribution is 7.17. The van der Waals surface area contributed by atoms with Crippen LogP contribution in [-0.4, -0.2) is 47.5 Å². The van der Waals surface area contributed by atoms with Crippen LogP contribution in [-0.2, 0) is 6.54 Å². The van der Waals surface area contributed by atoms with E-state index < -0.39 is 0 Å². The molecule has 0 bridgehead atoms. The number of aromatic nitrogens is 3. The van der Waals surface area contributed by atoms with Crippen molar-refractivity contribution in [1.82, 2.24) is 20.1 Å². The lowest BCUT2D eigenvalue weighted by molar-refractivity contribution is 0.0944. The standard InChI is InChI=1S/C22H27N5O3S/c1-3-30-18-10-9-16(14-19(18)29-2)15-23-20(28)17-8-7-13-27(17)22-25-24-21(31-22)26-11-5-4-6-12-26/h7-10,13-14H,3-6,11-12,15H2,1-2H3,(H,23,28). The molecule has 1 aliphatic rings. The maximum Gasteiger partial charge on any atom is 0.268 e. The summed E-state index contributed by atoms with van der Waals surface area (Å²) < 4.78 is 12.7. The number of hydrogen-bond acceptors (Lipinski definition) is 7. The number of benzene rings is 1.